The number of hydrogen-bond acceptors (Lipinski definition) is 11. The fourth-order valence-electron chi connectivity index (χ4n) is 6.49. The molecule has 0 amide bonds. The van der Waals surface area contributed by atoms with Gasteiger partial charge in [-0.15, -0.1) is 0 Å². The lowest BCUT2D eigenvalue weighted by molar-refractivity contribution is -0.269. The molecule has 0 aromatic rings. The number of esters is 4. The van der Waals surface area contributed by atoms with Crippen LogP contribution in [0.5, 0.6) is 0 Å². The van der Waals surface area contributed by atoms with Crippen LogP contribution in [-0.4, -0.2) is 95.4 Å². The van der Waals surface area contributed by atoms with Gasteiger partial charge in [0.1, 0.15) is 13.2 Å². The van der Waals surface area contributed by atoms with Crippen LogP contribution >= 0.6 is 0 Å². The van der Waals surface area contributed by atoms with E-state index in [0.29, 0.717) is 92.7 Å². The summed E-state index contributed by atoms with van der Waals surface area (Å²) in [7, 11) is 0. The summed E-state index contributed by atoms with van der Waals surface area (Å²) >= 11 is 0. The van der Waals surface area contributed by atoms with Crippen molar-refractivity contribution in [3.05, 3.63) is 48.6 Å². The number of rotatable bonds is 43. The van der Waals surface area contributed by atoms with Gasteiger partial charge in [-0.2, -0.15) is 8.78 Å². The molecule has 0 aliphatic heterocycles. The van der Waals surface area contributed by atoms with Crippen LogP contribution in [0, 0.1) is 11.8 Å². The largest absolute Gasteiger partial charge is 0.462 e. The van der Waals surface area contributed by atoms with Gasteiger partial charge in [-0.3, -0.25) is 0 Å². The molecule has 15 heteroatoms. The number of ether oxygens (including phenoxy) is 7. The fraction of sp³-hybridized carbons (Fsp3) is 0.755. The van der Waals surface area contributed by atoms with Crippen LogP contribution in [0.4, 0.5) is 17.6 Å². The van der Waals surface area contributed by atoms with E-state index < -0.39 is 62.1 Å². The van der Waals surface area contributed by atoms with Crippen molar-refractivity contribution in [1.29, 1.82) is 0 Å². The average molecular weight is 921 g/mol. The van der Waals surface area contributed by atoms with Gasteiger partial charge < -0.3 is 33.2 Å². The molecule has 0 bridgehead atoms. The Morgan fingerprint density at radius 2 is 0.688 bits per heavy atom. The second-order valence-electron chi connectivity index (χ2n) is 16.9. The molecule has 0 rings (SSSR count). The standard InChI is InChI=1S/C49H80F4O11/c1-38(2)44(54)60-31-16-9-10-22-42(25-13-19-32-61-45(55)39(3)4)23-12-18-30-59-37-49(52,53)64-35-28-48(50,51)36-58-29-17-11-24-43(26-14-20-33-62-46(56)40(5)6)27-15-21-34-63-47(57)41(7)8/h42-43H,1,3,5,7,9-37H2,2,4,6,8H3. The number of hydrogen-bond donors (Lipinski definition) is 0. The summed E-state index contributed by atoms with van der Waals surface area (Å²) in [5.74, 6) is -4.27. The minimum atomic E-state index is -3.72. The molecule has 0 aromatic heterocycles. The van der Waals surface area contributed by atoms with Crippen LogP contribution in [0.15, 0.2) is 48.6 Å². The molecule has 0 heterocycles. The van der Waals surface area contributed by atoms with Gasteiger partial charge in [0, 0.05) is 41.9 Å². The van der Waals surface area contributed by atoms with Gasteiger partial charge in [-0.1, -0.05) is 90.5 Å². The predicted octanol–water partition coefficient (Wildman–Crippen LogP) is 11.8. The SMILES string of the molecule is C=C(C)C(=O)OCCCCCC(CCCCOCC(F)(F)OCCC(F)(F)COCCCCC(CCCCOC(=O)C(=C)C)CCCCOC(=O)C(=C)C)CCCCOC(=O)C(=C)C. The van der Waals surface area contributed by atoms with Gasteiger partial charge >= 0.3 is 30.0 Å². The molecule has 0 saturated carbocycles. The lowest BCUT2D eigenvalue weighted by Gasteiger charge is -2.21. The fourth-order valence-corrected chi connectivity index (χ4v) is 6.49. The Kier molecular flexibility index (Phi) is 34.6. The molecule has 0 aromatic carbocycles. The summed E-state index contributed by atoms with van der Waals surface area (Å²) in [6.07, 6.45) is 10.5. The molecule has 1 unspecified atom stereocenters. The van der Waals surface area contributed by atoms with Gasteiger partial charge in [-0.05, 0) is 97.3 Å². The molecule has 0 aliphatic carbocycles. The van der Waals surface area contributed by atoms with Gasteiger partial charge in [0.05, 0.1) is 33.0 Å². The number of unbranched alkanes of at least 4 members (excludes halogenated alkanes) is 7. The summed E-state index contributed by atoms with van der Waals surface area (Å²) in [5, 5.41) is 0. The maximum Gasteiger partial charge on any atom is 0.379 e. The van der Waals surface area contributed by atoms with E-state index in [1.807, 2.05) is 0 Å². The average Bonchev–Trinajstić information content (AvgIpc) is 3.22. The molecule has 0 fully saturated rings. The van der Waals surface area contributed by atoms with E-state index in [1.54, 1.807) is 27.7 Å². The molecule has 11 nitrogen and oxygen atoms in total. The highest BCUT2D eigenvalue weighted by Crippen LogP contribution is 2.26. The van der Waals surface area contributed by atoms with Crippen LogP contribution in [-0.2, 0) is 52.3 Å². The molecule has 0 N–H and O–H groups in total. The highest BCUT2D eigenvalue weighted by atomic mass is 19.3. The Morgan fingerprint density at radius 3 is 1.02 bits per heavy atom. The quantitative estimate of drug-likeness (QED) is 0.0190. The van der Waals surface area contributed by atoms with Crippen molar-refractivity contribution in [3.63, 3.8) is 0 Å². The number of alkyl halides is 4. The first-order chi connectivity index (χ1) is 30.3. The number of halogens is 4. The first-order valence-corrected chi connectivity index (χ1v) is 23.1. The highest BCUT2D eigenvalue weighted by molar-refractivity contribution is 5.88. The molecule has 0 spiro atoms. The summed E-state index contributed by atoms with van der Waals surface area (Å²) in [6.45, 7) is 19.3. The molecule has 0 saturated heterocycles. The zero-order chi connectivity index (χ0) is 48.2. The molecule has 370 valence electrons. The second-order valence-corrected chi connectivity index (χ2v) is 16.9. The van der Waals surface area contributed by atoms with Crippen LogP contribution in [0.25, 0.3) is 0 Å². The van der Waals surface area contributed by atoms with Crippen molar-refractivity contribution in [3.8, 4) is 0 Å². The van der Waals surface area contributed by atoms with Crippen LogP contribution in [0.1, 0.15) is 156 Å². The molecule has 0 radical (unpaired) electrons. The maximum atomic E-state index is 14.5. The zero-order valence-electron chi connectivity index (χ0n) is 39.5. The van der Waals surface area contributed by atoms with Gasteiger partial charge in [0.25, 0.3) is 5.92 Å². The lowest BCUT2D eigenvalue weighted by atomic mass is 9.90. The first-order valence-electron chi connectivity index (χ1n) is 23.1. The summed E-state index contributed by atoms with van der Waals surface area (Å²) in [6, 6.07) is 0. The van der Waals surface area contributed by atoms with Crippen LogP contribution in [0.3, 0.4) is 0 Å². The topological polar surface area (TPSA) is 133 Å². The van der Waals surface area contributed by atoms with Crippen molar-refractivity contribution in [2.45, 2.75) is 168 Å². The summed E-state index contributed by atoms with van der Waals surface area (Å²) in [5.41, 5.74) is 1.40. The van der Waals surface area contributed by atoms with Crippen molar-refractivity contribution in [2.24, 2.45) is 11.8 Å². The normalized spacial score (nSPS) is 12.1. The van der Waals surface area contributed by atoms with E-state index in [-0.39, 0.29) is 13.2 Å². The van der Waals surface area contributed by atoms with E-state index in [1.165, 1.54) is 0 Å². The lowest BCUT2D eigenvalue weighted by Crippen LogP contribution is -2.32. The molecular formula is C49H80F4O11. The predicted molar refractivity (Wildman–Crippen MR) is 240 cm³/mol. The first kappa shape index (κ1) is 60.4. The van der Waals surface area contributed by atoms with Crippen LogP contribution < -0.4 is 0 Å². The molecule has 0 aliphatic rings. The van der Waals surface area contributed by atoms with E-state index in [2.05, 4.69) is 31.1 Å². The Hall–Kier alpha value is -3.56. The van der Waals surface area contributed by atoms with Crippen molar-refractivity contribution in [1.82, 2.24) is 0 Å². The minimum Gasteiger partial charge on any atom is -0.462 e. The summed E-state index contributed by atoms with van der Waals surface area (Å²) in [4.78, 5) is 46.4. The zero-order valence-corrected chi connectivity index (χ0v) is 39.5. The summed E-state index contributed by atoms with van der Waals surface area (Å²) < 4.78 is 93.1. The number of carbonyl (C=O) groups excluding carboxylic acids is 4. The number of carbonyl (C=O) groups is 4. The monoisotopic (exact) mass is 921 g/mol. The molecule has 1 atom stereocenters. The van der Waals surface area contributed by atoms with E-state index >= 15 is 0 Å². The van der Waals surface area contributed by atoms with Gasteiger partial charge in [0.15, 0.2) is 0 Å². The third-order valence-corrected chi connectivity index (χ3v) is 10.3. The molecule has 64 heavy (non-hydrogen) atoms. The Morgan fingerprint density at radius 1 is 0.406 bits per heavy atom. The third-order valence-electron chi connectivity index (χ3n) is 10.3. The van der Waals surface area contributed by atoms with Crippen molar-refractivity contribution >= 4 is 23.9 Å². The van der Waals surface area contributed by atoms with E-state index in [4.69, 9.17) is 28.4 Å². The van der Waals surface area contributed by atoms with Crippen molar-refractivity contribution < 1.29 is 69.9 Å². The van der Waals surface area contributed by atoms with Crippen molar-refractivity contribution in [2.75, 3.05) is 59.5 Å². The highest BCUT2D eigenvalue weighted by Gasteiger charge is 2.34. The van der Waals surface area contributed by atoms with Crippen LogP contribution in [0.2, 0.25) is 0 Å². The third kappa shape index (κ3) is 35.7. The Balaban J connectivity index is 4.51. The Labute approximate surface area is 381 Å². The Bertz CT molecular complexity index is 1350. The van der Waals surface area contributed by atoms with E-state index in [0.717, 1.165) is 89.9 Å². The molecular weight excluding hydrogens is 841 g/mol. The second kappa shape index (κ2) is 36.6. The van der Waals surface area contributed by atoms with E-state index in [9.17, 15) is 36.7 Å². The smallest absolute Gasteiger partial charge is 0.379 e. The van der Waals surface area contributed by atoms with Gasteiger partial charge in [-0.25, -0.2) is 28.0 Å². The van der Waals surface area contributed by atoms with Gasteiger partial charge in [0.2, 0.25) is 0 Å². The maximum absolute atomic E-state index is 14.5. The minimum absolute atomic E-state index is 0.0707.